The molecule has 1 aliphatic heterocycles. The Labute approximate surface area is 125 Å². The summed E-state index contributed by atoms with van der Waals surface area (Å²) >= 11 is 0. The number of Topliss-reactive ketones (excluding diaryl/α,β-unsaturated/α-hetero) is 1. The molecular formula is C17H21N3O. The van der Waals surface area contributed by atoms with Crippen LogP contribution in [0.5, 0.6) is 0 Å². The first-order chi connectivity index (χ1) is 10.2. The van der Waals surface area contributed by atoms with Gasteiger partial charge in [0.1, 0.15) is 5.78 Å². The van der Waals surface area contributed by atoms with Crippen molar-refractivity contribution in [3.63, 3.8) is 0 Å². The fourth-order valence-corrected chi connectivity index (χ4v) is 3.00. The minimum atomic E-state index is 0.282. The standard InChI is InChI=1S/C17H21N3O/c1-3-13-9-14(20(2)19-13)10-15(21)8-12-11-18-17-7-5-4-6-16(12)17/h4-7,9,12,18H,3,8,10-11H2,1-2H3. The van der Waals surface area contributed by atoms with Gasteiger partial charge in [0.2, 0.25) is 0 Å². The van der Waals surface area contributed by atoms with Crippen molar-refractivity contribution in [2.45, 2.75) is 32.1 Å². The fourth-order valence-electron chi connectivity index (χ4n) is 3.00. The lowest BCUT2D eigenvalue weighted by atomic mass is 9.94. The lowest BCUT2D eigenvalue weighted by molar-refractivity contribution is -0.118. The first kappa shape index (κ1) is 13.9. The number of nitrogens with one attached hydrogen (secondary N) is 1. The molecule has 21 heavy (non-hydrogen) atoms. The largest absolute Gasteiger partial charge is 0.384 e. The van der Waals surface area contributed by atoms with E-state index in [-0.39, 0.29) is 5.78 Å². The molecule has 2 aromatic rings. The summed E-state index contributed by atoms with van der Waals surface area (Å²) in [7, 11) is 1.91. The average molecular weight is 283 g/mol. The van der Waals surface area contributed by atoms with E-state index >= 15 is 0 Å². The Kier molecular flexibility index (Phi) is 3.78. The van der Waals surface area contributed by atoms with Crippen LogP contribution in [0.15, 0.2) is 30.3 Å². The van der Waals surface area contributed by atoms with Crippen LogP contribution in [0.3, 0.4) is 0 Å². The van der Waals surface area contributed by atoms with Crippen molar-refractivity contribution in [3.05, 3.63) is 47.3 Å². The summed E-state index contributed by atoms with van der Waals surface area (Å²) in [4.78, 5) is 12.4. The number of rotatable bonds is 5. The molecule has 0 amide bonds. The Morgan fingerprint density at radius 1 is 1.43 bits per heavy atom. The van der Waals surface area contributed by atoms with Gasteiger partial charge in [0.05, 0.1) is 5.69 Å². The van der Waals surface area contributed by atoms with Gasteiger partial charge in [0, 0.05) is 43.7 Å². The third-order valence-corrected chi connectivity index (χ3v) is 4.18. The molecule has 3 rings (SSSR count). The van der Waals surface area contributed by atoms with Gasteiger partial charge in [0.15, 0.2) is 0 Å². The molecule has 0 aliphatic carbocycles. The molecule has 4 heteroatoms. The molecule has 1 atom stereocenters. The molecule has 1 N–H and O–H groups in total. The number of aryl methyl sites for hydroxylation is 2. The summed E-state index contributed by atoms with van der Waals surface area (Å²) in [5, 5.41) is 7.78. The van der Waals surface area contributed by atoms with Gasteiger partial charge in [-0.1, -0.05) is 25.1 Å². The zero-order valence-corrected chi connectivity index (χ0v) is 12.6. The van der Waals surface area contributed by atoms with Crippen molar-refractivity contribution in [2.24, 2.45) is 7.05 Å². The van der Waals surface area contributed by atoms with Crippen LogP contribution in [0.4, 0.5) is 5.69 Å². The van der Waals surface area contributed by atoms with E-state index in [1.54, 1.807) is 0 Å². The number of hydrogen-bond acceptors (Lipinski definition) is 3. The van der Waals surface area contributed by atoms with Crippen LogP contribution < -0.4 is 5.32 Å². The summed E-state index contributed by atoms with van der Waals surface area (Å²) in [6.45, 7) is 2.94. The van der Waals surface area contributed by atoms with Gasteiger partial charge in [-0.15, -0.1) is 0 Å². The Morgan fingerprint density at radius 3 is 3.00 bits per heavy atom. The maximum Gasteiger partial charge on any atom is 0.139 e. The molecular weight excluding hydrogens is 262 g/mol. The highest BCUT2D eigenvalue weighted by molar-refractivity contribution is 5.82. The zero-order valence-electron chi connectivity index (χ0n) is 12.6. The van der Waals surface area contributed by atoms with Crippen LogP contribution in [0.25, 0.3) is 0 Å². The number of aromatic nitrogens is 2. The first-order valence-corrected chi connectivity index (χ1v) is 7.53. The molecule has 4 nitrogen and oxygen atoms in total. The Morgan fingerprint density at radius 2 is 2.24 bits per heavy atom. The minimum Gasteiger partial charge on any atom is -0.384 e. The van der Waals surface area contributed by atoms with Crippen molar-refractivity contribution in [2.75, 3.05) is 11.9 Å². The number of carbonyl (C=O) groups excluding carboxylic acids is 1. The summed E-state index contributed by atoms with van der Waals surface area (Å²) in [5.74, 6) is 0.580. The summed E-state index contributed by atoms with van der Waals surface area (Å²) in [6.07, 6.45) is 1.97. The SMILES string of the molecule is CCc1cc(CC(=O)CC2CNc3ccccc32)n(C)n1. The number of benzene rings is 1. The molecule has 1 unspecified atom stereocenters. The molecule has 1 aromatic heterocycles. The summed E-state index contributed by atoms with van der Waals surface area (Å²) in [6, 6.07) is 10.3. The Balaban J connectivity index is 1.66. The number of carbonyl (C=O) groups is 1. The van der Waals surface area contributed by atoms with E-state index in [1.165, 1.54) is 11.3 Å². The fraction of sp³-hybridized carbons (Fsp3) is 0.412. The molecule has 1 aromatic carbocycles. The Bertz CT molecular complexity index is 660. The van der Waals surface area contributed by atoms with Crippen LogP contribution in [-0.4, -0.2) is 22.1 Å². The van der Waals surface area contributed by atoms with E-state index in [9.17, 15) is 4.79 Å². The lowest BCUT2D eigenvalue weighted by Crippen LogP contribution is -2.13. The number of hydrogen-bond donors (Lipinski definition) is 1. The predicted octanol–water partition coefficient (Wildman–Crippen LogP) is 2.69. The van der Waals surface area contributed by atoms with Gasteiger partial charge in [0.25, 0.3) is 0 Å². The van der Waals surface area contributed by atoms with Crippen molar-refractivity contribution < 1.29 is 4.79 Å². The van der Waals surface area contributed by atoms with Crippen LogP contribution in [0.1, 0.15) is 36.2 Å². The van der Waals surface area contributed by atoms with Gasteiger partial charge >= 0.3 is 0 Å². The maximum absolute atomic E-state index is 12.4. The van der Waals surface area contributed by atoms with E-state index in [1.807, 2.05) is 29.9 Å². The van der Waals surface area contributed by atoms with Crippen molar-refractivity contribution in [3.8, 4) is 0 Å². The van der Waals surface area contributed by atoms with E-state index in [2.05, 4.69) is 29.5 Å². The third-order valence-electron chi connectivity index (χ3n) is 4.18. The summed E-state index contributed by atoms with van der Waals surface area (Å²) in [5.41, 5.74) is 4.50. The van der Waals surface area contributed by atoms with Crippen LogP contribution in [-0.2, 0) is 24.7 Å². The molecule has 0 spiro atoms. The van der Waals surface area contributed by atoms with E-state index < -0.39 is 0 Å². The molecule has 0 saturated heterocycles. The molecule has 0 saturated carbocycles. The van der Waals surface area contributed by atoms with Gasteiger partial charge < -0.3 is 5.32 Å². The second-order valence-corrected chi connectivity index (χ2v) is 5.69. The van der Waals surface area contributed by atoms with Crippen molar-refractivity contribution >= 4 is 11.5 Å². The number of anilines is 1. The summed E-state index contributed by atoms with van der Waals surface area (Å²) < 4.78 is 1.83. The number of fused-ring (bicyclic) bond motifs is 1. The highest BCUT2D eigenvalue weighted by Gasteiger charge is 2.24. The van der Waals surface area contributed by atoms with E-state index in [0.29, 0.717) is 18.8 Å². The maximum atomic E-state index is 12.4. The van der Waals surface area contributed by atoms with Crippen LogP contribution in [0, 0.1) is 0 Å². The molecule has 1 aliphatic rings. The van der Waals surface area contributed by atoms with Crippen LogP contribution >= 0.6 is 0 Å². The lowest BCUT2D eigenvalue weighted by Gasteiger charge is -2.09. The molecule has 0 radical (unpaired) electrons. The van der Waals surface area contributed by atoms with Crippen molar-refractivity contribution in [1.82, 2.24) is 9.78 Å². The van der Waals surface area contributed by atoms with E-state index in [0.717, 1.165) is 24.4 Å². The minimum absolute atomic E-state index is 0.282. The highest BCUT2D eigenvalue weighted by Crippen LogP contribution is 2.33. The number of ketones is 1. The van der Waals surface area contributed by atoms with Gasteiger partial charge in [-0.25, -0.2) is 0 Å². The zero-order chi connectivity index (χ0) is 14.8. The third kappa shape index (κ3) is 2.84. The smallest absolute Gasteiger partial charge is 0.139 e. The second-order valence-electron chi connectivity index (χ2n) is 5.69. The second kappa shape index (κ2) is 5.72. The first-order valence-electron chi connectivity index (χ1n) is 7.53. The molecule has 0 fully saturated rings. The topological polar surface area (TPSA) is 46.9 Å². The highest BCUT2D eigenvalue weighted by atomic mass is 16.1. The predicted molar refractivity (Wildman–Crippen MR) is 83.6 cm³/mol. The quantitative estimate of drug-likeness (QED) is 0.917. The van der Waals surface area contributed by atoms with Crippen molar-refractivity contribution in [1.29, 1.82) is 0 Å². The average Bonchev–Trinajstić information content (AvgIpc) is 3.04. The van der Waals surface area contributed by atoms with Gasteiger partial charge in [-0.3, -0.25) is 9.48 Å². The Hall–Kier alpha value is -2.10. The number of para-hydroxylation sites is 1. The normalized spacial score (nSPS) is 16.6. The molecule has 0 bridgehead atoms. The van der Waals surface area contributed by atoms with Gasteiger partial charge in [-0.05, 0) is 24.1 Å². The van der Waals surface area contributed by atoms with Gasteiger partial charge in [-0.2, -0.15) is 5.10 Å². The molecule has 110 valence electrons. The van der Waals surface area contributed by atoms with E-state index in [4.69, 9.17) is 0 Å². The number of nitrogens with zero attached hydrogens (tertiary/aromatic N) is 2. The molecule has 2 heterocycles. The monoisotopic (exact) mass is 283 g/mol. The van der Waals surface area contributed by atoms with Crippen LogP contribution in [0.2, 0.25) is 0 Å².